The number of benzene rings is 1. The molecule has 1 rings (SSSR count). The van der Waals surface area contributed by atoms with E-state index in [4.69, 9.17) is 11.6 Å². The van der Waals surface area contributed by atoms with E-state index < -0.39 is 0 Å². The summed E-state index contributed by atoms with van der Waals surface area (Å²) >= 11 is 6.16. The van der Waals surface area contributed by atoms with Crippen molar-refractivity contribution in [1.29, 1.82) is 0 Å². The summed E-state index contributed by atoms with van der Waals surface area (Å²) in [5, 5.41) is 4.30. The molecule has 0 fully saturated rings. The van der Waals surface area contributed by atoms with Crippen LogP contribution in [-0.4, -0.2) is 7.05 Å². The molecule has 0 saturated heterocycles. The van der Waals surface area contributed by atoms with Crippen molar-refractivity contribution in [3.63, 3.8) is 0 Å². The van der Waals surface area contributed by atoms with Crippen LogP contribution in [0.5, 0.6) is 0 Å². The highest BCUT2D eigenvalue weighted by atomic mass is 35.5. The van der Waals surface area contributed by atoms with Crippen molar-refractivity contribution in [2.75, 3.05) is 7.05 Å². The third-order valence-electron chi connectivity index (χ3n) is 3.77. The van der Waals surface area contributed by atoms with Crippen LogP contribution in [0.1, 0.15) is 43.5 Å². The summed E-state index contributed by atoms with van der Waals surface area (Å²) in [6.45, 7) is 11.0. The Kier molecular flexibility index (Phi) is 5.03. The highest BCUT2D eigenvalue weighted by molar-refractivity contribution is 6.31. The van der Waals surface area contributed by atoms with E-state index in [0.717, 1.165) is 10.6 Å². The van der Waals surface area contributed by atoms with Crippen LogP contribution in [-0.2, 0) is 0 Å². The first kappa shape index (κ1) is 14.5. The van der Waals surface area contributed by atoms with Crippen LogP contribution in [0.15, 0.2) is 12.1 Å². The van der Waals surface area contributed by atoms with E-state index in [1.165, 1.54) is 11.1 Å². The van der Waals surface area contributed by atoms with Gasteiger partial charge in [-0.15, -0.1) is 0 Å². The lowest BCUT2D eigenvalue weighted by Gasteiger charge is -2.29. The lowest BCUT2D eigenvalue weighted by molar-refractivity contribution is 0.316. The normalized spacial score (nSPS) is 15.1. The van der Waals surface area contributed by atoms with Gasteiger partial charge >= 0.3 is 0 Å². The van der Waals surface area contributed by atoms with E-state index >= 15 is 0 Å². The molecular formula is C15H24ClN. The summed E-state index contributed by atoms with van der Waals surface area (Å²) in [4.78, 5) is 0. The van der Waals surface area contributed by atoms with E-state index in [1.807, 2.05) is 7.05 Å². The second kappa shape index (κ2) is 5.88. The second-order valence-corrected chi connectivity index (χ2v) is 5.73. The number of rotatable bonds is 4. The van der Waals surface area contributed by atoms with Crippen LogP contribution >= 0.6 is 11.6 Å². The minimum Gasteiger partial charge on any atom is -0.313 e. The van der Waals surface area contributed by atoms with Gasteiger partial charge in [0, 0.05) is 11.1 Å². The van der Waals surface area contributed by atoms with Crippen molar-refractivity contribution >= 4 is 11.6 Å². The highest BCUT2D eigenvalue weighted by Gasteiger charge is 2.22. The lowest BCUT2D eigenvalue weighted by atomic mass is 9.84. The summed E-state index contributed by atoms with van der Waals surface area (Å²) in [6, 6.07) is 4.69. The fraction of sp³-hybridized carbons (Fsp3) is 0.600. The zero-order valence-electron chi connectivity index (χ0n) is 11.8. The first-order valence-corrected chi connectivity index (χ1v) is 6.70. The van der Waals surface area contributed by atoms with Gasteiger partial charge in [-0.2, -0.15) is 0 Å². The molecule has 0 spiro atoms. The molecule has 0 radical (unpaired) electrons. The largest absolute Gasteiger partial charge is 0.313 e. The SMILES string of the molecule is CNC(c1cc(C)c(Cl)cc1C)C(C)C(C)C. The van der Waals surface area contributed by atoms with Crippen LogP contribution in [0.2, 0.25) is 5.02 Å². The molecule has 1 nitrogen and oxygen atoms in total. The van der Waals surface area contributed by atoms with Crippen LogP contribution in [0.3, 0.4) is 0 Å². The quantitative estimate of drug-likeness (QED) is 0.833. The number of nitrogens with one attached hydrogen (secondary N) is 1. The fourth-order valence-electron chi connectivity index (χ4n) is 2.22. The van der Waals surface area contributed by atoms with Gasteiger partial charge < -0.3 is 5.32 Å². The molecule has 1 aromatic carbocycles. The summed E-state index contributed by atoms with van der Waals surface area (Å²) < 4.78 is 0. The average molecular weight is 254 g/mol. The van der Waals surface area contributed by atoms with Gasteiger partial charge in [0.25, 0.3) is 0 Å². The Morgan fingerprint density at radius 3 is 2.12 bits per heavy atom. The maximum absolute atomic E-state index is 6.16. The van der Waals surface area contributed by atoms with Gasteiger partial charge in [0.05, 0.1) is 0 Å². The Hall–Kier alpha value is -0.530. The van der Waals surface area contributed by atoms with Gasteiger partial charge in [0.15, 0.2) is 0 Å². The molecule has 0 bridgehead atoms. The topological polar surface area (TPSA) is 12.0 Å². The standard InChI is InChI=1S/C15H24ClN/c1-9(2)12(5)15(17-6)13-7-11(4)14(16)8-10(13)3/h7-9,12,15,17H,1-6H3. The van der Waals surface area contributed by atoms with Crippen molar-refractivity contribution in [3.8, 4) is 0 Å². The predicted molar refractivity (Wildman–Crippen MR) is 76.7 cm³/mol. The first-order valence-electron chi connectivity index (χ1n) is 6.32. The van der Waals surface area contributed by atoms with E-state index in [1.54, 1.807) is 0 Å². The number of halogens is 1. The van der Waals surface area contributed by atoms with Crippen LogP contribution < -0.4 is 5.32 Å². The van der Waals surface area contributed by atoms with Crippen LogP contribution in [0.25, 0.3) is 0 Å². The van der Waals surface area contributed by atoms with Gasteiger partial charge in [-0.3, -0.25) is 0 Å². The highest BCUT2D eigenvalue weighted by Crippen LogP contribution is 2.32. The molecular weight excluding hydrogens is 230 g/mol. The first-order chi connectivity index (χ1) is 7.88. The summed E-state index contributed by atoms with van der Waals surface area (Å²) in [5.41, 5.74) is 3.80. The molecule has 0 heterocycles. The Morgan fingerprint density at radius 1 is 1.06 bits per heavy atom. The minimum atomic E-state index is 0.394. The lowest BCUT2D eigenvalue weighted by Crippen LogP contribution is -2.27. The predicted octanol–water partition coefficient (Wildman–Crippen LogP) is 4.51. The Labute approximate surface area is 111 Å². The molecule has 0 aliphatic rings. The van der Waals surface area contributed by atoms with Crippen molar-refractivity contribution in [3.05, 3.63) is 33.8 Å². The maximum Gasteiger partial charge on any atom is 0.0438 e. The zero-order valence-corrected chi connectivity index (χ0v) is 12.5. The molecule has 0 aliphatic heterocycles. The van der Waals surface area contributed by atoms with E-state index in [2.05, 4.69) is 52.1 Å². The van der Waals surface area contributed by atoms with Crippen LogP contribution in [0.4, 0.5) is 0 Å². The minimum absolute atomic E-state index is 0.394. The molecule has 96 valence electrons. The second-order valence-electron chi connectivity index (χ2n) is 5.33. The third-order valence-corrected chi connectivity index (χ3v) is 4.18. The van der Waals surface area contributed by atoms with Gasteiger partial charge in [-0.05, 0) is 55.5 Å². The van der Waals surface area contributed by atoms with E-state index in [9.17, 15) is 0 Å². The molecule has 0 amide bonds. The van der Waals surface area contributed by atoms with Gasteiger partial charge in [-0.25, -0.2) is 0 Å². The van der Waals surface area contributed by atoms with Crippen LogP contribution in [0, 0.1) is 25.7 Å². The van der Waals surface area contributed by atoms with Gasteiger partial charge in [-0.1, -0.05) is 38.4 Å². The van der Waals surface area contributed by atoms with Gasteiger partial charge in [0.2, 0.25) is 0 Å². The Bertz CT molecular complexity index is 385. The average Bonchev–Trinajstić information content (AvgIpc) is 2.25. The Balaban J connectivity index is 3.16. The summed E-state index contributed by atoms with van der Waals surface area (Å²) in [6.07, 6.45) is 0. The molecule has 2 heteroatoms. The molecule has 0 aliphatic carbocycles. The van der Waals surface area contributed by atoms with Crippen molar-refractivity contribution in [2.24, 2.45) is 11.8 Å². The molecule has 2 atom stereocenters. The molecule has 17 heavy (non-hydrogen) atoms. The van der Waals surface area contributed by atoms with Crippen molar-refractivity contribution < 1.29 is 0 Å². The fourth-order valence-corrected chi connectivity index (χ4v) is 2.44. The number of hydrogen-bond acceptors (Lipinski definition) is 1. The van der Waals surface area contributed by atoms with Crippen molar-refractivity contribution in [1.82, 2.24) is 5.32 Å². The molecule has 0 aromatic heterocycles. The zero-order chi connectivity index (χ0) is 13.2. The smallest absolute Gasteiger partial charge is 0.0438 e. The van der Waals surface area contributed by atoms with E-state index in [0.29, 0.717) is 17.9 Å². The molecule has 0 saturated carbocycles. The molecule has 1 N–H and O–H groups in total. The van der Waals surface area contributed by atoms with E-state index in [-0.39, 0.29) is 0 Å². The number of aryl methyl sites for hydroxylation is 2. The maximum atomic E-state index is 6.16. The number of hydrogen-bond donors (Lipinski definition) is 1. The van der Waals surface area contributed by atoms with Crippen molar-refractivity contribution in [2.45, 2.75) is 40.7 Å². The monoisotopic (exact) mass is 253 g/mol. The summed E-state index contributed by atoms with van der Waals surface area (Å²) in [5.74, 6) is 1.25. The molecule has 2 unspecified atom stereocenters. The Morgan fingerprint density at radius 2 is 1.65 bits per heavy atom. The molecule has 1 aromatic rings. The summed E-state index contributed by atoms with van der Waals surface area (Å²) in [7, 11) is 2.03. The third kappa shape index (κ3) is 3.23. The van der Waals surface area contributed by atoms with Gasteiger partial charge in [0.1, 0.15) is 0 Å².